The molecule has 9 heteroatoms. The lowest BCUT2D eigenvalue weighted by Gasteiger charge is -2.22. The fraction of sp³-hybridized carbons (Fsp3) is 0.529. The molecule has 2 amide bonds. The van der Waals surface area contributed by atoms with Gasteiger partial charge in [-0.1, -0.05) is 13.8 Å². The number of nitrogens with zero attached hydrogens (tertiary/aromatic N) is 3. The topological polar surface area (TPSA) is 93.0 Å². The molecule has 26 heavy (non-hydrogen) atoms. The van der Waals surface area contributed by atoms with Crippen molar-refractivity contribution >= 4 is 40.3 Å². The number of hydrogen-bond donors (Lipinski definition) is 0. The molecular weight excluding hydrogens is 453 g/mol. The van der Waals surface area contributed by atoms with Crippen molar-refractivity contribution in [2.24, 2.45) is 5.92 Å². The first kappa shape index (κ1) is 20.4. The summed E-state index contributed by atoms with van der Waals surface area (Å²) < 4.78 is 5.79. The minimum Gasteiger partial charge on any atom is -0.449 e. The summed E-state index contributed by atoms with van der Waals surface area (Å²) in [5.41, 5.74) is 0.396. The Morgan fingerprint density at radius 2 is 1.88 bits per heavy atom. The van der Waals surface area contributed by atoms with E-state index in [-0.39, 0.29) is 23.6 Å². The van der Waals surface area contributed by atoms with Crippen molar-refractivity contribution in [3.8, 4) is 0 Å². The van der Waals surface area contributed by atoms with Crippen molar-refractivity contribution < 1.29 is 19.2 Å². The number of nitro benzene ring substituents is 1. The largest absolute Gasteiger partial charge is 0.449 e. The van der Waals surface area contributed by atoms with Crippen molar-refractivity contribution in [3.63, 3.8) is 0 Å². The Morgan fingerprint density at radius 1 is 1.23 bits per heavy atom. The van der Waals surface area contributed by atoms with E-state index < -0.39 is 4.92 Å². The zero-order valence-corrected chi connectivity index (χ0v) is 17.0. The zero-order valence-electron chi connectivity index (χ0n) is 14.8. The van der Waals surface area contributed by atoms with E-state index >= 15 is 0 Å². The SMILES string of the molecule is CC(C)COC(=O)N1CCCN(C(=O)c2ccc([N+](=O)[O-])cc2I)CC1. The van der Waals surface area contributed by atoms with Gasteiger partial charge in [-0.2, -0.15) is 0 Å². The molecule has 0 saturated carbocycles. The van der Waals surface area contributed by atoms with E-state index in [1.807, 2.05) is 36.4 Å². The van der Waals surface area contributed by atoms with Gasteiger partial charge in [-0.25, -0.2) is 4.79 Å². The van der Waals surface area contributed by atoms with E-state index in [4.69, 9.17) is 4.74 Å². The molecule has 142 valence electrons. The first-order chi connectivity index (χ1) is 12.3. The molecule has 0 unspecified atom stereocenters. The second-order valence-electron chi connectivity index (χ2n) is 6.52. The van der Waals surface area contributed by atoms with Gasteiger partial charge in [0.2, 0.25) is 0 Å². The van der Waals surface area contributed by atoms with Gasteiger partial charge >= 0.3 is 6.09 Å². The molecule has 0 aromatic heterocycles. The smallest absolute Gasteiger partial charge is 0.409 e. The maximum absolute atomic E-state index is 12.8. The molecule has 0 aliphatic carbocycles. The van der Waals surface area contributed by atoms with Gasteiger partial charge < -0.3 is 14.5 Å². The summed E-state index contributed by atoms with van der Waals surface area (Å²) in [6.07, 6.45) is 0.310. The van der Waals surface area contributed by atoms with Gasteiger partial charge in [0.25, 0.3) is 11.6 Å². The summed E-state index contributed by atoms with van der Waals surface area (Å²) in [7, 11) is 0. The fourth-order valence-electron chi connectivity index (χ4n) is 2.59. The van der Waals surface area contributed by atoms with E-state index in [1.54, 1.807) is 9.80 Å². The molecule has 1 heterocycles. The number of carbonyl (C=O) groups is 2. The van der Waals surface area contributed by atoms with Crippen LogP contribution in [0.1, 0.15) is 30.6 Å². The van der Waals surface area contributed by atoms with Crippen LogP contribution in [0.3, 0.4) is 0 Å². The van der Waals surface area contributed by atoms with Crippen molar-refractivity contribution in [3.05, 3.63) is 37.4 Å². The molecule has 2 rings (SSSR count). The average molecular weight is 475 g/mol. The van der Waals surface area contributed by atoms with Crippen molar-refractivity contribution in [1.82, 2.24) is 9.80 Å². The molecule has 0 N–H and O–H groups in total. The van der Waals surface area contributed by atoms with Crippen LogP contribution in [-0.4, -0.2) is 59.5 Å². The predicted octanol–water partition coefficient (Wildman–Crippen LogP) is 3.14. The van der Waals surface area contributed by atoms with Gasteiger partial charge in [-0.3, -0.25) is 14.9 Å². The Labute approximate surface area is 165 Å². The summed E-state index contributed by atoms with van der Waals surface area (Å²) in [6, 6.07) is 4.21. The molecule has 0 atom stereocenters. The van der Waals surface area contributed by atoms with Crippen LogP contribution in [0.2, 0.25) is 0 Å². The summed E-state index contributed by atoms with van der Waals surface area (Å²) in [5.74, 6) is 0.0925. The first-order valence-electron chi connectivity index (χ1n) is 8.44. The maximum Gasteiger partial charge on any atom is 0.409 e. The van der Waals surface area contributed by atoms with Crippen LogP contribution >= 0.6 is 22.6 Å². The van der Waals surface area contributed by atoms with Crippen molar-refractivity contribution in [1.29, 1.82) is 0 Å². The minimum absolute atomic E-state index is 0.0408. The summed E-state index contributed by atoms with van der Waals surface area (Å²) in [6.45, 7) is 6.20. The second kappa shape index (κ2) is 9.15. The summed E-state index contributed by atoms with van der Waals surface area (Å²) in [4.78, 5) is 38.5. The third kappa shape index (κ3) is 5.29. The zero-order chi connectivity index (χ0) is 19.3. The van der Waals surface area contributed by atoms with Crippen LogP contribution in [0, 0.1) is 19.6 Å². The quantitative estimate of drug-likeness (QED) is 0.379. The van der Waals surface area contributed by atoms with E-state index in [9.17, 15) is 19.7 Å². The number of non-ortho nitro benzene ring substituents is 1. The van der Waals surface area contributed by atoms with Gasteiger partial charge in [0.05, 0.1) is 17.1 Å². The summed E-state index contributed by atoms with van der Waals surface area (Å²) >= 11 is 1.94. The van der Waals surface area contributed by atoms with Gasteiger partial charge in [-0.15, -0.1) is 0 Å². The lowest BCUT2D eigenvalue weighted by Crippen LogP contribution is -2.38. The molecule has 0 radical (unpaired) electrons. The third-order valence-electron chi connectivity index (χ3n) is 3.98. The monoisotopic (exact) mass is 475 g/mol. The van der Waals surface area contributed by atoms with Gasteiger partial charge in [0, 0.05) is 41.9 Å². The lowest BCUT2D eigenvalue weighted by atomic mass is 10.1. The highest BCUT2D eigenvalue weighted by atomic mass is 127. The number of benzene rings is 1. The standard InChI is InChI=1S/C17H22IN3O5/c1-12(2)11-26-17(23)20-7-3-6-19(8-9-20)16(22)14-5-4-13(21(24)25)10-15(14)18/h4-5,10,12H,3,6-9,11H2,1-2H3. The summed E-state index contributed by atoms with van der Waals surface area (Å²) in [5, 5.41) is 10.8. The molecule has 1 aromatic carbocycles. The van der Waals surface area contributed by atoms with Gasteiger partial charge in [0.1, 0.15) is 0 Å². The second-order valence-corrected chi connectivity index (χ2v) is 7.69. The Bertz CT molecular complexity index is 695. The number of hydrogen-bond acceptors (Lipinski definition) is 5. The van der Waals surface area contributed by atoms with Gasteiger partial charge in [0.15, 0.2) is 0 Å². The van der Waals surface area contributed by atoms with Crippen LogP contribution in [0.15, 0.2) is 18.2 Å². The Kier molecular flexibility index (Phi) is 7.18. The molecule has 1 saturated heterocycles. The number of halogens is 1. The highest BCUT2D eigenvalue weighted by Gasteiger charge is 2.25. The van der Waals surface area contributed by atoms with Crippen LogP contribution in [0.25, 0.3) is 0 Å². The Balaban J connectivity index is 2.01. The van der Waals surface area contributed by atoms with Crippen LogP contribution in [0.4, 0.5) is 10.5 Å². The molecule has 1 aliphatic heterocycles. The molecule has 1 aliphatic rings. The third-order valence-corrected chi connectivity index (χ3v) is 4.87. The normalized spacial score (nSPS) is 14.9. The van der Waals surface area contributed by atoms with Crippen LogP contribution in [0.5, 0.6) is 0 Å². The molecular formula is C17H22IN3O5. The highest BCUT2D eigenvalue weighted by molar-refractivity contribution is 14.1. The lowest BCUT2D eigenvalue weighted by molar-refractivity contribution is -0.384. The Morgan fingerprint density at radius 3 is 2.50 bits per heavy atom. The fourth-order valence-corrected chi connectivity index (χ4v) is 3.32. The van der Waals surface area contributed by atoms with E-state index in [0.29, 0.717) is 48.3 Å². The van der Waals surface area contributed by atoms with Crippen molar-refractivity contribution in [2.45, 2.75) is 20.3 Å². The number of ether oxygens (including phenoxy) is 1. The number of carbonyl (C=O) groups excluding carboxylic acids is 2. The maximum atomic E-state index is 12.8. The first-order valence-corrected chi connectivity index (χ1v) is 9.52. The molecule has 1 aromatic rings. The van der Waals surface area contributed by atoms with Crippen LogP contribution < -0.4 is 0 Å². The molecule has 8 nitrogen and oxygen atoms in total. The van der Waals surface area contributed by atoms with E-state index in [1.165, 1.54) is 18.2 Å². The molecule has 1 fully saturated rings. The number of amides is 2. The minimum atomic E-state index is -0.483. The highest BCUT2D eigenvalue weighted by Crippen LogP contribution is 2.21. The Hall–Kier alpha value is -1.91. The average Bonchev–Trinajstić information content (AvgIpc) is 2.85. The number of rotatable bonds is 4. The van der Waals surface area contributed by atoms with E-state index in [2.05, 4.69) is 0 Å². The van der Waals surface area contributed by atoms with E-state index in [0.717, 1.165) is 0 Å². The van der Waals surface area contributed by atoms with Gasteiger partial charge in [-0.05, 0) is 41.0 Å². The van der Waals surface area contributed by atoms with Crippen LogP contribution in [-0.2, 0) is 4.74 Å². The molecule has 0 spiro atoms. The van der Waals surface area contributed by atoms with Crippen molar-refractivity contribution in [2.75, 3.05) is 32.8 Å². The molecule has 0 bridgehead atoms. The number of nitro groups is 1. The predicted molar refractivity (Wildman–Crippen MR) is 104 cm³/mol.